The standard InChI is InChI=1S/C46H27N3S2/c1-3-13-28(14-4-1)41-45-42(36-20-8-10-24-39(36)50-45)48-46(47-41)30-16-11-15-29(27-30)32-21-12-22-33-34-25-26-38-40(44(34)51-43(32)33)35-19-7-9-23-37(35)49(38)31-17-5-2-6-18-31/h1-27H. The van der Waals surface area contributed by atoms with Crippen LogP contribution in [-0.4, -0.2) is 14.5 Å². The largest absolute Gasteiger partial charge is 0.309 e. The quantitative estimate of drug-likeness (QED) is 0.185. The molecule has 4 aromatic heterocycles. The van der Waals surface area contributed by atoms with Crippen molar-refractivity contribution in [2.24, 2.45) is 0 Å². The van der Waals surface area contributed by atoms with Gasteiger partial charge < -0.3 is 4.57 Å². The van der Waals surface area contributed by atoms with Gasteiger partial charge in [0.05, 0.1) is 26.9 Å². The average molecular weight is 686 g/mol. The lowest BCUT2D eigenvalue weighted by atomic mass is 10.00. The first-order chi connectivity index (χ1) is 25.3. The summed E-state index contributed by atoms with van der Waals surface area (Å²) in [6.45, 7) is 0. The minimum Gasteiger partial charge on any atom is -0.309 e. The summed E-state index contributed by atoms with van der Waals surface area (Å²) in [5, 5.41) is 6.34. The molecule has 3 nitrogen and oxygen atoms in total. The Kier molecular flexibility index (Phi) is 6.29. The van der Waals surface area contributed by atoms with Crippen molar-refractivity contribution in [3.05, 3.63) is 164 Å². The minimum atomic E-state index is 0.741. The van der Waals surface area contributed by atoms with Gasteiger partial charge in [-0.3, -0.25) is 0 Å². The van der Waals surface area contributed by atoms with Gasteiger partial charge in [0.25, 0.3) is 0 Å². The number of thiophene rings is 2. The van der Waals surface area contributed by atoms with Gasteiger partial charge in [-0.2, -0.15) is 0 Å². The number of benzene rings is 7. The predicted molar refractivity (Wildman–Crippen MR) is 218 cm³/mol. The first-order valence-electron chi connectivity index (χ1n) is 17.1. The Bertz CT molecular complexity index is 3130. The fourth-order valence-electron chi connectivity index (χ4n) is 7.73. The van der Waals surface area contributed by atoms with E-state index in [-0.39, 0.29) is 0 Å². The van der Waals surface area contributed by atoms with Crippen LogP contribution in [0.5, 0.6) is 0 Å². The third-order valence-electron chi connectivity index (χ3n) is 10.0. The lowest BCUT2D eigenvalue weighted by Gasteiger charge is -2.09. The molecule has 0 unspecified atom stereocenters. The maximum atomic E-state index is 5.26. The van der Waals surface area contributed by atoms with Gasteiger partial charge in [0.1, 0.15) is 0 Å². The van der Waals surface area contributed by atoms with Crippen LogP contribution in [0, 0.1) is 0 Å². The zero-order valence-electron chi connectivity index (χ0n) is 27.2. The molecule has 7 aromatic carbocycles. The van der Waals surface area contributed by atoms with Crippen molar-refractivity contribution in [2.75, 3.05) is 0 Å². The number of para-hydroxylation sites is 2. The summed E-state index contributed by atoms with van der Waals surface area (Å²) in [6.07, 6.45) is 0. The Morgan fingerprint density at radius 2 is 1.12 bits per heavy atom. The molecule has 0 amide bonds. The summed E-state index contributed by atoms with van der Waals surface area (Å²) in [5.74, 6) is 0.741. The maximum Gasteiger partial charge on any atom is 0.160 e. The molecule has 0 bridgehead atoms. The van der Waals surface area contributed by atoms with E-state index in [2.05, 4.69) is 168 Å². The first kappa shape index (κ1) is 28.7. The molecule has 0 fully saturated rings. The van der Waals surface area contributed by atoms with Gasteiger partial charge in [-0.25, -0.2) is 9.97 Å². The van der Waals surface area contributed by atoms with Crippen LogP contribution in [0.1, 0.15) is 0 Å². The van der Waals surface area contributed by atoms with Crippen LogP contribution in [0.3, 0.4) is 0 Å². The molecule has 5 heteroatoms. The van der Waals surface area contributed by atoms with Gasteiger partial charge in [-0.15, -0.1) is 22.7 Å². The molecule has 0 spiro atoms. The lowest BCUT2D eigenvalue weighted by Crippen LogP contribution is -1.94. The topological polar surface area (TPSA) is 30.7 Å². The van der Waals surface area contributed by atoms with Crippen LogP contribution in [0.15, 0.2) is 164 Å². The van der Waals surface area contributed by atoms with Gasteiger partial charge in [-0.1, -0.05) is 127 Å². The fourth-order valence-corrected chi connectivity index (χ4v) is 10.3. The number of fused-ring (bicyclic) bond motifs is 10. The van der Waals surface area contributed by atoms with Crippen molar-refractivity contribution in [3.63, 3.8) is 0 Å². The van der Waals surface area contributed by atoms with E-state index >= 15 is 0 Å². The summed E-state index contributed by atoms with van der Waals surface area (Å²) >= 11 is 3.67. The summed E-state index contributed by atoms with van der Waals surface area (Å²) < 4.78 is 7.36. The monoisotopic (exact) mass is 685 g/mol. The van der Waals surface area contributed by atoms with Crippen LogP contribution in [0.2, 0.25) is 0 Å². The third-order valence-corrected chi connectivity index (χ3v) is 12.5. The van der Waals surface area contributed by atoms with Crippen LogP contribution < -0.4 is 0 Å². The maximum absolute atomic E-state index is 5.26. The molecule has 0 saturated carbocycles. The van der Waals surface area contributed by atoms with Crippen molar-refractivity contribution in [1.29, 1.82) is 0 Å². The molecule has 0 N–H and O–H groups in total. The van der Waals surface area contributed by atoms with E-state index < -0.39 is 0 Å². The predicted octanol–water partition coefficient (Wildman–Crippen LogP) is 13.3. The SMILES string of the molecule is c1ccc(-c2nc(-c3cccc(-c4cccc5c4sc4c5ccc5c4c4ccccc4n5-c4ccccc4)c3)nc3c2sc2ccccc23)cc1. The highest BCUT2D eigenvalue weighted by molar-refractivity contribution is 7.27. The molecule has 0 atom stereocenters. The molecule has 0 radical (unpaired) electrons. The van der Waals surface area contributed by atoms with Gasteiger partial charge in [-0.05, 0) is 47.5 Å². The molecule has 0 aliphatic heterocycles. The number of hydrogen-bond acceptors (Lipinski definition) is 4. The number of nitrogens with zero attached hydrogens (tertiary/aromatic N) is 3. The zero-order chi connectivity index (χ0) is 33.5. The van der Waals surface area contributed by atoms with Crippen molar-refractivity contribution in [1.82, 2.24) is 14.5 Å². The van der Waals surface area contributed by atoms with Crippen LogP contribution in [0.25, 0.3) is 102 Å². The van der Waals surface area contributed by atoms with E-state index in [4.69, 9.17) is 9.97 Å². The Balaban J connectivity index is 1.12. The van der Waals surface area contributed by atoms with Crippen LogP contribution in [-0.2, 0) is 0 Å². The van der Waals surface area contributed by atoms with E-state index in [9.17, 15) is 0 Å². The highest BCUT2D eigenvalue weighted by Gasteiger charge is 2.20. The van der Waals surface area contributed by atoms with Gasteiger partial charge in [0.15, 0.2) is 5.82 Å². The highest BCUT2D eigenvalue weighted by Crippen LogP contribution is 2.46. The van der Waals surface area contributed by atoms with E-state index in [1.54, 1.807) is 11.3 Å². The second-order valence-corrected chi connectivity index (χ2v) is 15.0. The Labute approximate surface area is 301 Å². The molecule has 0 aliphatic rings. The summed E-state index contributed by atoms with van der Waals surface area (Å²) in [5.41, 5.74) is 10.1. The van der Waals surface area contributed by atoms with Crippen LogP contribution >= 0.6 is 22.7 Å². The summed E-state index contributed by atoms with van der Waals surface area (Å²) in [7, 11) is 0. The minimum absolute atomic E-state index is 0.741. The van der Waals surface area contributed by atoms with Gasteiger partial charge >= 0.3 is 0 Å². The Morgan fingerprint density at radius 1 is 0.431 bits per heavy atom. The van der Waals surface area contributed by atoms with E-state index in [0.717, 1.165) is 38.4 Å². The smallest absolute Gasteiger partial charge is 0.160 e. The molecule has 11 rings (SSSR count). The van der Waals surface area contributed by atoms with Crippen LogP contribution in [0.4, 0.5) is 0 Å². The van der Waals surface area contributed by atoms with Gasteiger partial charge in [0, 0.05) is 57.8 Å². The second-order valence-electron chi connectivity index (χ2n) is 12.9. The molecule has 51 heavy (non-hydrogen) atoms. The normalized spacial score (nSPS) is 11.9. The number of rotatable bonds is 4. The summed E-state index contributed by atoms with van der Waals surface area (Å²) in [4.78, 5) is 10.5. The first-order valence-corrected chi connectivity index (χ1v) is 18.7. The van der Waals surface area contributed by atoms with E-state index in [1.165, 1.54) is 63.3 Å². The van der Waals surface area contributed by atoms with Crippen molar-refractivity contribution in [2.45, 2.75) is 0 Å². The molecule has 11 aromatic rings. The molecular weight excluding hydrogens is 659 g/mol. The van der Waals surface area contributed by atoms with E-state index in [1.807, 2.05) is 11.3 Å². The highest BCUT2D eigenvalue weighted by atomic mass is 32.1. The Hall–Kier alpha value is -6.14. The molecule has 4 heterocycles. The molecule has 0 aliphatic carbocycles. The summed E-state index contributed by atoms with van der Waals surface area (Å²) in [6, 6.07) is 58.6. The molecule has 0 saturated heterocycles. The molecule has 238 valence electrons. The van der Waals surface area contributed by atoms with E-state index in [0.29, 0.717) is 0 Å². The van der Waals surface area contributed by atoms with Crippen molar-refractivity contribution < 1.29 is 0 Å². The zero-order valence-corrected chi connectivity index (χ0v) is 28.9. The second kappa shape index (κ2) is 11.2. The third kappa shape index (κ3) is 4.35. The Morgan fingerprint density at radius 3 is 2.00 bits per heavy atom. The molecular formula is C46H27N3S2. The number of hydrogen-bond donors (Lipinski definition) is 0. The average Bonchev–Trinajstić information content (AvgIpc) is 3.88. The van der Waals surface area contributed by atoms with Crippen molar-refractivity contribution in [3.8, 4) is 39.5 Å². The van der Waals surface area contributed by atoms with Gasteiger partial charge in [0.2, 0.25) is 0 Å². The van der Waals surface area contributed by atoms with Crippen molar-refractivity contribution >= 4 is 85.0 Å². The number of aromatic nitrogens is 3. The lowest BCUT2D eigenvalue weighted by molar-refractivity contribution is 1.18. The fraction of sp³-hybridized carbons (Fsp3) is 0.